The van der Waals surface area contributed by atoms with Gasteiger partial charge in [-0.1, -0.05) is 48.5 Å². The summed E-state index contributed by atoms with van der Waals surface area (Å²) in [6, 6.07) is 16.2. The summed E-state index contributed by atoms with van der Waals surface area (Å²) in [5, 5.41) is 2.78. The highest BCUT2D eigenvalue weighted by molar-refractivity contribution is 5.81. The fourth-order valence-corrected chi connectivity index (χ4v) is 3.30. The van der Waals surface area contributed by atoms with Gasteiger partial charge in [0, 0.05) is 6.54 Å². The van der Waals surface area contributed by atoms with E-state index in [1.807, 2.05) is 36.4 Å². The summed E-state index contributed by atoms with van der Waals surface area (Å²) in [6.45, 7) is 0.309. The zero-order valence-electron chi connectivity index (χ0n) is 15.0. The van der Waals surface area contributed by atoms with Crippen molar-refractivity contribution in [1.82, 2.24) is 5.32 Å². The Bertz CT molecular complexity index is 755. The van der Waals surface area contributed by atoms with Crippen LogP contribution in [0.25, 0.3) is 0 Å². The minimum absolute atomic E-state index is 0.213. The lowest BCUT2D eigenvalue weighted by atomic mass is 9.90. The van der Waals surface area contributed by atoms with Gasteiger partial charge in [0.1, 0.15) is 0 Å². The molecule has 0 unspecified atom stereocenters. The molecule has 0 heterocycles. The van der Waals surface area contributed by atoms with Crippen molar-refractivity contribution < 1.29 is 14.3 Å². The lowest BCUT2D eigenvalue weighted by molar-refractivity contribution is -0.147. The van der Waals surface area contributed by atoms with E-state index in [-0.39, 0.29) is 24.9 Å². The van der Waals surface area contributed by atoms with Crippen molar-refractivity contribution >= 4 is 11.9 Å². The van der Waals surface area contributed by atoms with E-state index in [9.17, 15) is 9.59 Å². The predicted octanol–water partition coefficient (Wildman–Crippen LogP) is 3.01. The summed E-state index contributed by atoms with van der Waals surface area (Å²) >= 11 is 0. The highest BCUT2D eigenvalue weighted by Crippen LogP contribution is 2.22. The first-order valence-corrected chi connectivity index (χ1v) is 9.27. The molecule has 0 saturated heterocycles. The van der Waals surface area contributed by atoms with Crippen LogP contribution < -0.4 is 5.32 Å². The van der Waals surface area contributed by atoms with Crippen LogP contribution in [-0.2, 0) is 40.0 Å². The van der Waals surface area contributed by atoms with Gasteiger partial charge in [-0.3, -0.25) is 9.59 Å². The Labute approximate surface area is 154 Å². The monoisotopic (exact) mass is 351 g/mol. The first kappa shape index (κ1) is 18.2. The van der Waals surface area contributed by atoms with Crippen molar-refractivity contribution in [3.8, 4) is 0 Å². The summed E-state index contributed by atoms with van der Waals surface area (Å²) in [5.41, 5.74) is 4.86. The minimum Gasteiger partial charge on any atom is -0.455 e. The topological polar surface area (TPSA) is 55.4 Å². The van der Waals surface area contributed by atoms with Crippen LogP contribution in [0, 0.1) is 0 Å². The standard InChI is InChI=1S/C22H25NO3/c24-21(23-13-12-17-6-2-1-3-7-17)16-26-22(25)15-18-10-11-19-8-4-5-9-20(19)14-18/h1-3,6-7,10-11,14H,4-5,8-9,12-13,15-16H2,(H,23,24). The first-order valence-electron chi connectivity index (χ1n) is 9.27. The fourth-order valence-electron chi connectivity index (χ4n) is 3.30. The Morgan fingerprint density at radius 3 is 2.50 bits per heavy atom. The van der Waals surface area contributed by atoms with Crippen LogP contribution in [-0.4, -0.2) is 25.0 Å². The second kappa shape index (κ2) is 9.18. The van der Waals surface area contributed by atoms with Crippen molar-refractivity contribution in [2.24, 2.45) is 0 Å². The number of hydrogen-bond donors (Lipinski definition) is 1. The lowest BCUT2D eigenvalue weighted by Crippen LogP contribution is -2.30. The van der Waals surface area contributed by atoms with Crippen LogP contribution in [0.5, 0.6) is 0 Å². The minimum atomic E-state index is -0.362. The average molecular weight is 351 g/mol. The van der Waals surface area contributed by atoms with Crippen molar-refractivity contribution in [3.63, 3.8) is 0 Å². The van der Waals surface area contributed by atoms with Crippen molar-refractivity contribution in [2.45, 2.75) is 38.5 Å². The fraction of sp³-hybridized carbons (Fsp3) is 0.364. The summed E-state index contributed by atoms with van der Waals surface area (Å²) < 4.78 is 5.10. The number of carbonyl (C=O) groups excluding carboxylic acids is 2. The number of benzene rings is 2. The van der Waals surface area contributed by atoms with Gasteiger partial charge in [-0.25, -0.2) is 0 Å². The van der Waals surface area contributed by atoms with Gasteiger partial charge in [0.15, 0.2) is 6.61 Å². The van der Waals surface area contributed by atoms with Gasteiger partial charge < -0.3 is 10.1 Å². The number of carbonyl (C=O) groups is 2. The maximum Gasteiger partial charge on any atom is 0.310 e. The molecule has 0 atom stereocenters. The van der Waals surface area contributed by atoms with Gasteiger partial charge in [0.05, 0.1) is 6.42 Å². The van der Waals surface area contributed by atoms with Gasteiger partial charge in [-0.2, -0.15) is 0 Å². The molecule has 3 rings (SSSR count). The molecular weight excluding hydrogens is 326 g/mol. The Morgan fingerprint density at radius 1 is 0.923 bits per heavy atom. The van der Waals surface area contributed by atoms with Gasteiger partial charge in [0.25, 0.3) is 5.91 Å². The molecule has 2 aromatic rings. The van der Waals surface area contributed by atoms with Crippen molar-refractivity contribution in [1.29, 1.82) is 0 Å². The number of rotatable bonds is 7. The SMILES string of the molecule is O=C(COC(=O)Cc1ccc2c(c1)CCCC2)NCCc1ccccc1. The van der Waals surface area contributed by atoms with Crippen LogP contribution in [0.3, 0.4) is 0 Å². The summed E-state index contributed by atoms with van der Waals surface area (Å²) in [5.74, 6) is -0.626. The molecule has 4 heteroatoms. The molecular formula is C22H25NO3. The molecule has 0 aromatic heterocycles. The molecule has 1 amide bonds. The third-order valence-electron chi connectivity index (χ3n) is 4.70. The number of hydrogen-bond acceptors (Lipinski definition) is 3. The van der Waals surface area contributed by atoms with Crippen molar-refractivity contribution in [3.05, 3.63) is 70.8 Å². The number of nitrogens with one attached hydrogen (secondary N) is 1. The van der Waals surface area contributed by atoms with Crippen LogP contribution in [0.15, 0.2) is 48.5 Å². The molecule has 0 spiro atoms. The van der Waals surface area contributed by atoms with E-state index in [0.717, 1.165) is 30.4 Å². The quantitative estimate of drug-likeness (QED) is 0.780. The molecule has 1 aliphatic rings. The third kappa shape index (κ3) is 5.45. The van der Waals surface area contributed by atoms with Crippen LogP contribution >= 0.6 is 0 Å². The Balaban J connectivity index is 1.37. The number of aryl methyl sites for hydroxylation is 2. The van der Waals surface area contributed by atoms with E-state index < -0.39 is 0 Å². The van der Waals surface area contributed by atoms with E-state index in [1.165, 1.54) is 24.0 Å². The molecule has 0 radical (unpaired) electrons. The molecule has 0 aliphatic heterocycles. The molecule has 2 aromatic carbocycles. The summed E-state index contributed by atoms with van der Waals surface area (Å²) in [6.07, 6.45) is 5.64. The number of amides is 1. The highest BCUT2D eigenvalue weighted by Gasteiger charge is 2.12. The molecule has 0 saturated carbocycles. The summed E-state index contributed by atoms with van der Waals surface area (Å²) in [7, 11) is 0. The number of esters is 1. The van der Waals surface area contributed by atoms with E-state index in [1.54, 1.807) is 0 Å². The number of fused-ring (bicyclic) bond motifs is 1. The van der Waals surface area contributed by atoms with Gasteiger partial charge in [-0.15, -0.1) is 0 Å². The second-order valence-electron chi connectivity index (χ2n) is 6.73. The average Bonchev–Trinajstić information content (AvgIpc) is 2.67. The Hall–Kier alpha value is -2.62. The normalized spacial score (nSPS) is 12.9. The third-order valence-corrected chi connectivity index (χ3v) is 4.70. The molecule has 136 valence electrons. The predicted molar refractivity (Wildman–Crippen MR) is 101 cm³/mol. The molecule has 26 heavy (non-hydrogen) atoms. The molecule has 1 N–H and O–H groups in total. The first-order chi connectivity index (χ1) is 12.7. The summed E-state index contributed by atoms with van der Waals surface area (Å²) in [4.78, 5) is 23.8. The Morgan fingerprint density at radius 2 is 1.69 bits per heavy atom. The van der Waals surface area contributed by atoms with Gasteiger partial charge >= 0.3 is 5.97 Å². The second-order valence-corrected chi connectivity index (χ2v) is 6.73. The van der Waals surface area contributed by atoms with Crippen LogP contribution in [0.1, 0.15) is 35.1 Å². The van der Waals surface area contributed by atoms with E-state index in [2.05, 4.69) is 17.4 Å². The maximum absolute atomic E-state index is 12.0. The van der Waals surface area contributed by atoms with Crippen LogP contribution in [0.2, 0.25) is 0 Å². The van der Waals surface area contributed by atoms with E-state index in [0.29, 0.717) is 6.54 Å². The Kier molecular flexibility index (Phi) is 6.42. The molecule has 0 fully saturated rings. The molecule has 4 nitrogen and oxygen atoms in total. The molecule has 0 bridgehead atoms. The lowest BCUT2D eigenvalue weighted by Gasteiger charge is -2.16. The van der Waals surface area contributed by atoms with Gasteiger partial charge in [-0.05, 0) is 54.4 Å². The van der Waals surface area contributed by atoms with E-state index in [4.69, 9.17) is 4.74 Å². The highest BCUT2D eigenvalue weighted by atomic mass is 16.5. The zero-order chi connectivity index (χ0) is 18.2. The number of ether oxygens (including phenoxy) is 1. The maximum atomic E-state index is 12.0. The smallest absolute Gasteiger partial charge is 0.310 e. The van der Waals surface area contributed by atoms with Gasteiger partial charge in [0.2, 0.25) is 0 Å². The molecule has 1 aliphatic carbocycles. The zero-order valence-corrected chi connectivity index (χ0v) is 15.0. The largest absolute Gasteiger partial charge is 0.455 e. The van der Waals surface area contributed by atoms with E-state index >= 15 is 0 Å². The van der Waals surface area contributed by atoms with Crippen molar-refractivity contribution in [2.75, 3.05) is 13.2 Å². The van der Waals surface area contributed by atoms with Crippen LogP contribution in [0.4, 0.5) is 0 Å².